The molecule has 18 heavy (non-hydrogen) atoms. The predicted octanol–water partition coefficient (Wildman–Crippen LogP) is 1.37. The Morgan fingerprint density at radius 2 is 2.17 bits per heavy atom. The van der Waals surface area contributed by atoms with Crippen LogP contribution in [0.4, 0.5) is 0 Å². The molecule has 0 aliphatic carbocycles. The van der Waals surface area contributed by atoms with Crippen molar-refractivity contribution < 1.29 is 0 Å². The fourth-order valence-corrected chi connectivity index (χ4v) is 1.84. The second-order valence-electron chi connectivity index (χ2n) is 4.02. The van der Waals surface area contributed by atoms with Crippen molar-refractivity contribution in [3.63, 3.8) is 0 Å². The van der Waals surface area contributed by atoms with Crippen LogP contribution in [0.15, 0.2) is 35.5 Å². The van der Waals surface area contributed by atoms with Crippen LogP contribution >= 0.6 is 0 Å². The molecule has 0 saturated heterocycles. The number of aromatic nitrogens is 3. The molecule has 0 fully saturated rings. The zero-order chi connectivity index (χ0) is 13.0. The first-order valence-electron chi connectivity index (χ1n) is 5.85. The lowest BCUT2D eigenvalue weighted by atomic mass is 10.2. The SMILES string of the molecule is CCCn1ccn(Cc2cccnc2C#N)c1=O. The van der Waals surface area contributed by atoms with E-state index >= 15 is 0 Å². The Hall–Kier alpha value is -2.35. The van der Waals surface area contributed by atoms with E-state index in [1.807, 2.05) is 19.1 Å². The van der Waals surface area contributed by atoms with Crippen LogP contribution in [0.3, 0.4) is 0 Å². The van der Waals surface area contributed by atoms with Gasteiger partial charge >= 0.3 is 5.69 Å². The molecular formula is C13H14N4O. The molecule has 0 N–H and O–H groups in total. The first kappa shape index (κ1) is 12.1. The van der Waals surface area contributed by atoms with Crippen LogP contribution in [0, 0.1) is 11.3 Å². The number of pyridine rings is 1. The van der Waals surface area contributed by atoms with Crippen molar-refractivity contribution in [3.8, 4) is 6.07 Å². The van der Waals surface area contributed by atoms with Gasteiger partial charge in [0, 0.05) is 30.7 Å². The van der Waals surface area contributed by atoms with Crippen LogP contribution in [-0.4, -0.2) is 14.1 Å². The van der Waals surface area contributed by atoms with Crippen LogP contribution in [0.2, 0.25) is 0 Å². The van der Waals surface area contributed by atoms with Crippen molar-refractivity contribution in [2.45, 2.75) is 26.4 Å². The Balaban J connectivity index is 2.30. The minimum Gasteiger partial charge on any atom is -0.299 e. The van der Waals surface area contributed by atoms with Gasteiger partial charge in [-0.05, 0) is 12.5 Å². The monoisotopic (exact) mass is 242 g/mol. The average molecular weight is 242 g/mol. The molecule has 2 rings (SSSR count). The molecule has 2 heterocycles. The lowest BCUT2D eigenvalue weighted by Gasteiger charge is -2.03. The molecule has 0 saturated carbocycles. The molecule has 0 aliphatic rings. The highest BCUT2D eigenvalue weighted by atomic mass is 16.1. The summed E-state index contributed by atoms with van der Waals surface area (Å²) < 4.78 is 3.26. The first-order valence-corrected chi connectivity index (χ1v) is 5.85. The summed E-state index contributed by atoms with van der Waals surface area (Å²) in [6.07, 6.45) is 6.01. The van der Waals surface area contributed by atoms with Crippen LogP contribution in [0.5, 0.6) is 0 Å². The summed E-state index contributed by atoms with van der Waals surface area (Å²) in [5.74, 6) is 0. The van der Waals surface area contributed by atoms with E-state index in [4.69, 9.17) is 5.26 Å². The molecule has 2 aromatic rings. The van der Waals surface area contributed by atoms with E-state index in [0.29, 0.717) is 18.8 Å². The largest absolute Gasteiger partial charge is 0.328 e. The third-order valence-corrected chi connectivity index (χ3v) is 2.72. The summed E-state index contributed by atoms with van der Waals surface area (Å²) in [5, 5.41) is 8.95. The second-order valence-corrected chi connectivity index (χ2v) is 4.02. The number of hydrogen-bond acceptors (Lipinski definition) is 3. The van der Waals surface area contributed by atoms with E-state index < -0.39 is 0 Å². The second kappa shape index (κ2) is 5.32. The van der Waals surface area contributed by atoms with E-state index in [0.717, 1.165) is 12.0 Å². The maximum Gasteiger partial charge on any atom is 0.328 e. The van der Waals surface area contributed by atoms with Gasteiger partial charge in [-0.2, -0.15) is 5.26 Å². The molecule has 0 radical (unpaired) electrons. The van der Waals surface area contributed by atoms with Crippen molar-refractivity contribution in [1.82, 2.24) is 14.1 Å². The Morgan fingerprint density at radius 3 is 2.89 bits per heavy atom. The third-order valence-electron chi connectivity index (χ3n) is 2.72. The van der Waals surface area contributed by atoms with Gasteiger partial charge in [-0.25, -0.2) is 9.78 Å². The summed E-state index contributed by atoms with van der Waals surface area (Å²) in [7, 11) is 0. The zero-order valence-electron chi connectivity index (χ0n) is 10.2. The van der Waals surface area contributed by atoms with Crippen molar-refractivity contribution >= 4 is 0 Å². The third kappa shape index (κ3) is 2.33. The molecule has 0 aliphatic heterocycles. The molecule has 0 amide bonds. The van der Waals surface area contributed by atoms with Gasteiger partial charge in [-0.3, -0.25) is 9.13 Å². The van der Waals surface area contributed by atoms with Gasteiger partial charge in [0.05, 0.1) is 6.54 Å². The standard InChI is InChI=1S/C13H14N4O/c1-2-6-16-7-8-17(13(16)18)10-11-4-3-5-15-12(11)9-14/h3-5,7-8H,2,6,10H2,1H3. The number of nitrogens with zero attached hydrogens (tertiary/aromatic N) is 4. The Morgan fingerprint density at radius 1 is 1.39 bits per heavy atom. The van der Waals surface area contributed by atoms with E-state index in [9.17, 15) is 4.79 Å². The van der Waals surface area contributed by atoms with E-state index in [1.54, 1.807) is 33.8 Å². The van der Waals surface area contributed by atoms with Crippen LogP contribution in [0.1, 0.15) is 24.6 Å². The van der Waals surface area contributed by atoms with Crippen LogP contribution in [-0.2, 0) is 13.1 Å². The van der Waals surface area contributed by atoms with Gasteiger partial charge in [-0.1, -0.05) is 13.0 Å². The lowest BCUT2D eigenvalue weighted by molar-refractivity contribution is 0.623. The number of hydrogen-bond donors (Lipinski definition) is 0. The Bertz CT molecular complexity index is 633. The van der Waals surface area contributed by atoms with Gasteiger partial charge in [0.1, 0.15) is 11.8 Å². The van der Waals surface area contributed by atoms with Crippen molar-refractivity contribution in [2.75, 3.05) is 0 Å². The minimum absolute atomic E-state index is 0.0513. The fourth-order valence-electron chi connectivity index (χ4n) is 1.84. The molecule has 0 bridgehead atoms. The van der Waals surface area contributed by atoms with Crippen LogP contribution < -0.4 is 5.69 Å². The summed E-state index contributed by atoms with van der Waals surface area (Å²) in [6, 6.07) is 5.62. The van der Waals surface area contributed by atoms with Crippen molar-refractivity contribution in [2.24, 2.45) is 0 Å². The normalized spacial score (nSPS) is 10.2. The highest BCUT2D eigenvalue weighted by Crippen LogP contribution is 2.05. The summed E-state index contributed by atoms with van der Waals surface area (Å²) in [4.78, 5) is 16.0. The molecule has 0 atom stereocenters. The topological polar surface area (TPSA) is 63.6 Å². The number of nitriles is 1. The molecule has 5 heteroatoms. The number of aryl methyl sites for hydroxylation is 1. The molecule has 5 nitrogen and oxygen atoms in total. The molecule has 92 valence electrons. The Labute approximate surface area is 105 Å². The maximum atomic E-state index is 12.0. The number of imidazole rings is 1. The van der Waals surface area contributed by atoms with Crippen LogP contribution in [0.25, 0.3) is 0 Å². The minimum atomic E-state index is -0.0513. The molecular weight excluding hydrogens is 228 g/mol. The Kier molecular flexibility index (Phi) is 3.58. The van der Waals surface area contributed by atoms with E-state index in [-0.39, 0.29) is 5.69 Å². The fraction of sp³-hybridized carbons (Fsp3) is 0.308. The van der Waals surface area contributed by atoms with Gasteiger partial charge in [-0.15, -0.1) is 0 Å². The van der Waals surface area contributed by atoms with E-state index in [1.165, 1.54) is 0 Å². The first-order chi connectivity index (χ1) is 8.76. The number of rotatable bonds is 4. The highest BCUT2D eigenvalue weighted by molar-refractivity contribution is 5.30. The molecule has 0 aromatic carbocycles. The van der Waals surface area contributed by atoms with Gasteiger partial charge in [0.2, 0.25) is 0 Å². The molecule has 0 unspecified atom stereocenters. The lowest BCUT2D eigenvalue weighted by Crippen LogP contribution is -2.24. The quantitative estimate of drug-likeness (QED) is 0.813. The van der Waals surface area contributed by atoms with Crippen molar-refractivity contribution in [1.29, 1.82) is 5.26 Å². The summed E-state index contributed by atoms with van der Waals surface area (Å²) in [5.41, 5.74) is 1.08. The zero-order valence-corrected chi connectivity index (χ0v) is 10.2. The van der Waals surface area contributed by atoms with Gasteiger partial charge < -0.3 is 0 Å². The van der Waals surface area contributed by atoms with Gasteiger partial charge in [0.25, 0.3) is 0 Å². The summed E-state index contributed by atoms with van der Waals surface area (Å²) >= 11 is 0. The molecule has 0 spiro atoms. The molecule has 2 aromatic heterocycles. The maximum absolute atomic E-state index is 12.0. The smallest absolute Gasteiger partial charge is 0.299 e. The van der Waals surface area contributed by atoms with Crippen molar-refractivity contribution in [3.05, 3.63) is 52.5 Å². The average Bonchev–Trinajstić information content (AvgIpc) is 2.73. The van der Waals surface area contributed by atoms with E-state index in [2.05, 4.69) is 4.98 Å². The highest BCUT2D eigenvalue weighted by Gasteiger charge is 2.07. The van der Waals surface area contributed by atoms with Gasteiger partial charge in [0.15, 0.2) is 0 Å². The summed E-state index contributed by atoms with van der Waals surface area (Å²) in [6.45, 7) is 3.12. The predicted molar refractivity (Wildman–Crippen MR) is 67.0 cm³/mol.